The van der Waals surface area contributed by atoms with E-state index in [-0.39, 0.29) is 6.10 Å². The van der Waals surface area contributed by atoms with Gasteiger partial charge in [-0.25, -0.2) is 0 Å². The predicted octanol–water partition coefficient (Wildman–Crippen LogP) is 2.21. The van der Waals surface area contributed by atoms with Gasteiger partial charge in [0.15, 0.2) is 5.96 Å². The topological polar surface area (TPSA) is 59.9 Å². The lowest BCUT2D eigenvalue weighted by Gasteiger charge is -2.29. The monoisotopic (exact) mass is 326 g/mol. The van der Waals surface area contributed by atoms with Crippen molar-refractivity contribution in [2.24, 2.45) is 10.9 Å². The average Bonchev–Trinajstić information content (AvgIpc) is 2.51. The van der Waals surface area contributed by atoms with Crippen LogP contribution >= 0.6 is 0 Å². The van der Waals surface area contributed by atoms with E-state index in [0.717, 1.165) is 63.9 Å². The number of rotatable bonds is 9. The Kier molecular flexibility index (Phi) is 10.3. The van der Waals surface area contributed by atoms with Crippen LogP contribution in [-0.2, 0) is 0 Å². The number of hydrogen-bond donors (Lipinski definition) is 3. The molecule has 0 aromatic heterocycles. The van der Waals surface area contributed by atoms with Crippen LogP contribution in [0.4, 0.5) is 0 Å². The minimum atomic E-state index is -0.0823. The standard InChI is InChI=1S/C18H38N4O/c1-5-19-18(21-16(4)8-7-15(2)3)20-11-6-12-22-13-9-17(23)10-14-22/h15-17,23H,5-14H2,1-4H3,(H2,19,20,21). The first kappa shape index (κ1) is 20.2. The van der Waals surface area contributed by atoms with E-state index in [0.29, 0.717) is 6.04 Å². The molecule has 1 rings (SSSR count). The highest BCUT2D eigenvalue weighted by Gasteiger charge is 2.16. The Balaban J connectivity index is 2.25. The lowest BCUT2D eigenvalue weighted by atomic mass is 10.0. The Morgan fingerprint density at radius 3 is 2.52 bits per heavy atom. The molecule has 23 heavy (non-hydrogen) atoms. The van der Waals surface area contributed by atoms with Gasteiger partial charge in [0, 0.05) is 32.2 Å². The number of aliphatic hydroxyl groups is 1. The number of nitrogens with one attached hydrogen (secondary N) is 2. The molecule has 1 fully saturated rings. The maximum absolute atomic E-state index is 9.53. The molecule has 1 heterocycles. The van der Waals surface area contributed by atoms with Crippen molar-refractivity contribution in [3.05, 3.63) is 0 Å². The summed E-state index contributed by atoms with van der Waals surface area (Å²) in [5.74, 6) is 1.69. The molecule has 0 spiro atoms. The molecule has 136 valence electrons. The molecule has 5 nitrogen and oxygen atoms in total. The summed E-state index contributed by atoms with van der Waals surface area (Å²) >= 11 is 0. The normalized spacial score (nSPS) is 19.1. The van der Waals surface area contributed by atoms with E-state index in [1.807, 2.05) is 0 Å². The zero-order chi connectivity index (χ0) is 17.1. The first-order chi connectivity index (χ1) is 11.0. The number of nitrogens with zero attached hydrogens (tertiary/aromatic N) is 2. The molecule has 0 aromatic rings. The van der Waals surface area contributed by atoms with Crippen molar-refractivity contribution in [2.45, 2.75) is 71.9 Å². The summed E-state index contributed by atoms with van der Waals surface area (Å²) < 4.78 is 0. The fourth-order valence-electron chi connectivity index (χ4n) is 2.84. The van der Waals surface area contributed by atoms with Crippen molar-refractivity contribution >= 4 is 5.96 Å². The molecule has 3 N–H and O–H groups in total. The van der Waals surface area contributed by atoms with Crippen molar-refractivity contribution in [3.63, 3.8) is 0 Å². The summed E-state index contributed by atoms with van der Waals surface area (Å²) in [6.45, 7) is 13.8. The van der Waals surface area contributed by atoms with Crippen LogP contribution in [0.1, 0.15) is 59.8 Å². The molecular formula is C18H38N4O. The minimum Gasteiger partial charge on any atom is -0.393 e. The van der Waals surface area contributed by atoms with Gasteiger partial charge in [0.1, 0.15) is 0 Å². The Hall–Kier alpha value is -0.810. The molecule has 0 saturated carbocycles. The predicted molar refractivity (Wildman–Crippen MR) is 98.9 cm³/mol. The lowest BCUT2D eigenvalue weighted by Crippen LogP contribution is -2.42. The molecule has 1 unspecified atom stereocenters. The van der Waals surface area contributed by atoms with Crippen LogP contribution in [0.15, 0.2) is 4.99 Å². The summed E-state index contributed by atoms with van der Waals surface area (Å²) in [4.78, 5) is 7.14. The zero-order valence-corrected chi connectivity index (χ0v) is 15.6. The summed E-state index contributed by atoms with van der Waals surface area (Å²) in [6, 6.07) is 0.457. The molecule has 1 aliphatic heterocycles. The van der Waals surface area contributed by atoms with Crippen molar-refractivity contribution < 1.29 is 5.11 Å². The van der Waals surface area contributed by atoms with E-state index in [2.05, 4.69) is 43.2 Å². The van der Waals surface area contributed by atoms with Gasteiger partial charge in [-0.2, -0.15) is 0 Å². The van der Waals surface area contributed by atoms with Crippen LogP contribution in [0.5, 0.6) is 0 Å². The van der Waals surface area contributed by atoms with Crippen molar-refractivity contribution in [1.82, 2.24) is 15.5 Å². The van der Waals surface area contributed by atoms with E-state index >= 15 is 0 Å². The van der Waals surface area contributed by atoms with Crippen LogP contribution < -0.4 is 10.6 Å². The maximum Gasteiger partial charge on any atom is 0.191 e. The average molecular weight is 327 g/mol. The minimum absolute atomic E-state index is 0.0823. The smallest absolute Gasteiger partial charge is 0.191 e. The highest BCUT2D eigenvalue weighted by atomic mass is 16.3. The van der Waals surface area contributed by atoms with Crippen LogP contribution in [0.25, 0.3) is 0 Å². The summed E-state index contributed by atoms with van der Waals surface area (Å²) in [6.07, 6.45) is 5.25. The molecule has 0 bridgehead atoms. The van der Waals surface area contributed by atoms with Gasteiger partial charge >= 0.3 is 0 Å². The Morgan fingerprint density at radius 1 is 1.22 bits per heavy atom. The van der Waals surface area contributed by atoms with Gasteiger partial charge in [-0.05, 0) is 58.4 Å². The Bertz CT molecular complexity index is 325. The van der Waals surface area contributed by atoms with Crippen LogP contribution in [0.3, 0.4) is 0 Å². The molecule has 1 atom stereocenters. The van der Waals surface area contributed by atoms with Gasteiger partial charge in [0.2, 0.25) is 0 Å². The fourth-order valence-corrected chi connectivity index (χ4v) is 2.84. The molecule has 0 aliphatic carbocycles. The number of likely N-dealkylation sites (tertiary alicyclic amines) is 1. The molecule has 5 heteroatoms. The molecule has 1 saturated heterocycles. The maximum atomic E-state index is 9.53. The summed E-state index contributed by atoms with van der Waals surface area (Å²) in [5.41, 5.74) is 0. The van der Waals surface area contributed by atoms with E-state index in [1.165, 1.54) is 12.8 Å². The number of aliphatic hydroxyl groups excluding tert-OH is 1. The van der Waals surface area contributed by atoms with Crippen molar-refractivity contribution in [3.8, 4) is 0 Å². The van der Waals surface area contributed by atoms with Gasteiger partial charge in [-0.15, -0.1) is 0 Å². The largest absolute Gasteiger partial charge is 0.393 e. The quantitative estimate of drug-likeness (QED) is 0.345. The van der Waals surface area contributed by atoms with Crippen LogP contribution in [-0.4, -0.2) is 60.8 Å². The highest BCUT2D eigenvalue weighted by molar-refractivity contribution is 5.80. The van der Waals surface area contributed by atoms with Crippen LogP contribution in [0, 0.1) is 5.92 Å². The highest BCUT2D eigenvalue weighted by Crippen LogP contribution is 2.10. The third-order valence-corrected chi connectivity index (χ3v) is 4.36. The van der Waals surface area contributed by atoms with E-state index in [1.54, 1.807) is 0 Å². The number of aliphatic imine (C=N–C) groups is 1. The van der Waals surface area contributed by atoms with Gasteiger partial charge < -0.3 is 20.6 Å². The van der Waals surface area contributed by atoms with Gasteiger partial charge in [-0.1, -0.05) is 13.8 Å². The second-order valence-electron chi connectivity index (χ2n) is 7.20. The van der Waals surface area contributed by atoms with Gasteiger partial charge in [0.05, 0.1) is 6.10 Å². The first-order valence-corrected chi connectivity index (χ1v) is 9.46. The second-order valence-corrected chi connectivity index (χ2v) is 7.20. The summed E-state index contributed by atoms with van der Waals surface area (Å²) in [7, 11) is 0. The van der Waals surface area contributed by atoms with E-state index < -0.39 is 0 Å². The molecule has 1 aliphatic rings. The Labute approximate surface area is 142 Å². The third-order valence-electron chi connectivity index (χ3n) is 4.36. The van der Waals surface area contributed by atoms with Crippen LogP contribution in [0.2, 0.25) is 0 Å². The number of guanidine groups is 1. The fraction of sp³-hybridized carbons (Fsp3) is 0.944. The van der Waals surface area contributed by atoms with E-state index in [4.69, 9.17) is 4.99 Å². The number of piperidine rings is 1. The second kappa shape index (κ2) is 11.7. The summed E-state index contributed by atoms with van der Waals surface area (Å²) in [5, 5.41) is 16.4. The third kappa shape index (κ3) is 9.82. The van der Waals surface area contributed by atoms with Crippen molar-refractivity contribution in [1.29, 1.82) is 0 Å². The molecule has 0 radical (unpaired) electrons. The van der Waals surface area contributed by atoms with Gasteiger partial charge in [0.25, 0.3) is 0 Å². The van der Waals surface area contributed by atoms with E-state index in [9.17, 15) is 5.11 Å². The molecule has 0 aromatic carbocycles. The Morgan fingerprint density at radius 2 is 1.91 bits per heavy atom. The lowest BCUT2D eigenvalue weighted by molar-refractivity contribution is 0.0824. The van der Waals surface area contributed by atoms with Gasteiger partial charge in [-0.3, -0.25) is 4.99 Å². The first-order valence-electron chi connectivity index (χ1n) is 9.46. The molecular weight excluding hydrogens is 288 g/mol. The number of hydrogen-bond acceptors (Lipinski definition) is 3. The molecule has 0 amide bonds. The van der Waals surface area contributed by atoms with Crippen molar-refractivity contribution in [2.75, 3.05) is 32.7 Å². The zero-order valence-electron chi connectivity index (χ0n) is 15.6. The SMILES string of the molecule is CCNC(=NCCCN1CCC(O)CC1)NC(C)CCC(C)C.